The number of hydrogen-bond acceptors (Lipinski definition) is 4. The number of rotatable bonds is 5. The molecule has 27 heavy (non-hydrogen) atoms. The molecule has 2 amide bonds. The first-order valence-corrected chi connectivity index (χ1v) is 9.25. The zero-order chi connectivity index (χ0) is 20.1. The van der Waals surface area contributed by atoms with Crippen molar-refractivity contribution in [1.29, 1.82) is 0 Å². The Hall–Kier alpha value is -2.63. The second kappa shape index (κ2) is 8.37. The second-order valence-electron chi connectivity index (χ2n) is 7.87. The maximum absolute atomic E-state index is 12.8. The number of anilines is 1. The minimum atomic E-state index is -0.988. The van der Waals surface area contributed by atoms with Crippen molar-refractivity contribution in [3.63, 3.8) is 0 Å². The molecule has 0 aliphatic heterocycles. The summed E-state index contributed by atoms with van der Waals surface area (Å²) in [7, 11) is 0. The van der Waals surface area contributed by atoms with Crippen molar-refractivity contribution in [2.24, 2.45) is 0 Å². The number of nitrogens with one attached hydrogen (secondary N) is 2. The summed E-state index contributed by atoms with van der Waals surface area (Å²) >= 11 is 0. The van der Waals surface area contributed by atoms with E-state index in [0.717, 1.165) is 19.3 Å². The first-order valence-electron chi connectivity index (χ1n) is 9.25. The number of amides is 2. The molecule has 0 aromatic heterocycles. The molecule has 6 nitrogen and oxygen atoms in total. The van der Waals surface area contributed by atoms with E-state index >= 15 is 0 Å². The van der Waals surface area contributed by atoms with Crippen molar-refractivity contribution in [3.8, 4) is 0 Å². The van der Waals surface area contributed by atoms with Crippen LogP contribution in [0, 0.1) is 0 Å². The molecule has 0 spiro atoms. The minimum Gasteiger partial charge on any atom is -0.458 e. The largest absolute Gasteiger partial charge is 0.458 e. The van der Waals surface area contributed by atoms with Crippen LogP contribution in [0.4, 0.5) is 5.69 Å². The summed E-state index contributed by atoms with van der Waals surface area (Å²) < 4.78 is 5.58. The van der Waals surface area contributed by atoms with E-state index in [-0.39, 0.29) is 17.8 Å². The van der Waals surface area contributed by atoms with Gasteiger partial charge in [-0.3, -0.25) is 9.59 Å². The third-order valence-corrected chi connectivity index (χ3v) is 4.45. The van der Waals surface area contributed by atoms with Crippen LogP contribution in [-0.4, -0.2) is 28.9 Å². The van der Waals surface area contributed by atoms with Crippen molar-refractivity contribution in [2.75, 3.05) is 5.32 Å². The van der Waals surface area contributed by atoms with E-state index < -0.39 is 11.1 Å². The topological polar surface area (TPSA) is 84.5 Å². The van der Waals surface area contributed by atoms with Gasteiger partial charge in [-0.2, -0.15) is 0 Å². The van der Waals surface area contributed by atoms with Gasteiger partial charge in [-0.15, -0.1) is 0 Å². The zero-order valence-electron chi connectivity index (χ0n) is 16.3. The van der Waals surface area contributed by atoms with Crippen LogP contribution >= 0.6 is 0 Å². The fraction of sp³-hybridized carbons (Fsp3) is 0.476. The van der Waals surface area contributed by atoms with Gasteiger partial charge in [0.25, 0.3) is 5.91 Å². The number of esters is 1. The van der Waals surface area contributed by atoms with Gasteiger partial charge < -0.3 is 15.4 Å². The summed E-state index contributed by atoms with van der Waals surface area (Å²) in [6.45, 7) is 8.85. The van der Waals surface area contributed by atoms with Gasteiger partial charge >= 0.3 is 5.97 Å². The van der Waals surface area contributed by atoms with E-state index in [1.807, 2.05) is 20.8 Å². The van der Waals surface area contributed by atoms with Crippen molar-refractivity contribution >= 4 is 23.5 Å². The maximum Gasteiger partial charge on any atom is 0.332 e. The normalized spacial score (nSPS) is 16.1. The van der Waals surface area contributed by atoms with Gasteiger partial charge in [0.15, 0.2) is 0 Å². The Morgan fingerprint density at radius 2 is 1.67 bits per heavy atom. The SMILES string of the molecule is C=CC(=O)Nc1ccc(C(=O)NC2(C(=O)OC(C)(C)C)CCCCC2)cc1. The van der Waals surface area contributed by atoms with E-state index in [9.17, 15) is 14.4 Å². The summed E-state index contributed by atoms with van der Waals surface area (Å²) in [5, 5.41) is 5.55. The van der Waals surface area contributed by atoms with Gasteiger partial charge in [-0.05, 0) is 64.0 Å². The van der Waals surface area contributed by atoms with Gasteiger partial charge in [0, 0.05) is 11.3 Å². The Morgan fingerprint density at radius 1 is 1.07 bits per heavy atom. The fourth-order valence-electron chi connectivity index (χ4n) is 3.10. The van der Waals surface area contributed by atoms with Gasteiger partial charge in [-0.25, -0.2) is 4.79 Å². The molecular weight excluding hydrogens is 344 g/mol. The first kappa shape index (κ1) is 20.7. The molecule has 146 valence electrons. The van der Waals surface area contributed by atoms with Gasteiger partial charge in [0.2, 0.25) is 5.91 Å². The highest BCUT2D eigenvalue weighted by molar-refractivity contribution is 6.00. The number of carbonyl (C=O) groups is 3. The van der Waals surface area contributed by atoms with E-state index in [1.165, 1.54) is 6.08 Å². The summed E-state index contributed by atoms with van der Waals surface area (Å²) in [6, 6.07) is 6.49. The van der Waals surface area contributed by atoms with Crippen LogP contribution in [0.3, 0.4) is 0 Å². The van der Waals surface area contributed by atoms with E-state index in [0.29, 0.717) is 24.1 Å². The van der Waals surface area contributed by atoms with Gasteiger partial charge in [0.1, 0.15) is 11.1 Å². The molecule has 1 aromatic carbocycles. The smallest absolute Gasteiger partial charge is 0.332 e. The van der Waals surface area contributed by atoms with Gasteiger partial charge in [0.05, 0.1) is 0 Å². The second-order valence-corrected chi connectivity index (χ2v) is 7.87. The minimum absolute atomic E-state index is 0.321. The third-order valence-electron chi connectivity index (χ3n) is 4.45. The maximum atomic E-state index is 12.8. The lowest BCUT2D eigenvalue weighted by Crippen LogP contribution is -2.57. The highest BCUT2D eigenvalue weighted by Gasteiger charge is 2.43. The van der Waals surface area contributed by atoms with Crippen LogP contribution in [-0.2, 0) is 14.3 Å². The molecule has 0 heterocycles. The van der Waals surface area contributed by atoms with Crippen molar-refractivity contribution in [2.45, 2.75) is 64.0 Å². The van der Waals surface area contributed by atoms with Gasteiger partial charge in [-0.1, -0.05) is 25.8 Å². The molecule has 1 aliphatic carbocycles. The predicted octanol–water partition coefficient (Wildman–Crippen LogP) is 3.59. The first-order chi connectivity index (χ1) is 12.6. The summed E-state index contributed by atoms with van der Waals surface area (Å²) in [5.41, 5.74) is -0.619. The molecule has 6 heteroatoms. The average molecular weight is 372 g/mol. The average Bonchev–Trinajstić information content (AvgIpc) is 2.61. The van der Waals surface area contributed by atoms with E-state index in [1.54, 1.807) is 24.3 Å². The lowest BCUT2D eigenvalue weighted by atomic mass is 9.81. The Labute approximate surface area is 160 Å². The highest BCUT2D eigenvalue weighted by atomic mass is 16.6. The zero-order valence-corrected chi connectivity index (χ0v) is 16.3. The molecule has 0 atom stereocenters. The lowest BCUT2D eigenvalue weighted by Gasteiger charge is -2.37. The summed E-state index contributed by atoms with van der Waals surface area (Å²) in [5.74, 6) is -1.03. The number of carbonyl (C=O) groups excluding carboxylic acids is 3. The fourth-order valence-corrected chi connectivity index (χ4v) is 3.10. The van der Waals surface area contributed by atoms with E-state index in [2.05, 4.69) is 17.2 Å². The molecule has 1 aliphatic rings. The quantitative estimate of drug-likeness (QED) is 0.611. The van der Waals surface area contributed by atoms with Crippen molar-refractivity contribution < 1.29 is 19.1 Å². The molecule has 0 unspecified atom stereocenters. The van der Waals surface area contributed by atoms with E-state index in [4.69, 9.17) is 4.74 Å². The molecule has 2 rings (SSSR count). The Bertz CT molecular complexity index is 711. The van der Waals surface area contributed by atoms with Crippen LogP contribution in [0.25, 0.3) is 0 Å². The molecule has 1 fully saturated rings. The summed E-state index contributed by atoms with van der Waals surface area (Å²) in [4.78, 5) is 36.9. The molecule has 0 bridgehead atoms. The number of hydrogen-bond donors (Lipinski definition) is 2. The molecule has 0 radical (unpaired) electrons. The van der Waals surface area contributed by atoms with Crippen molar-refractivity contribution in [3.05, 3.63) is 42.5 Å². The van der Waals surface area contributed by atoms with Crippen LogP contribution in [0.15, 0.2) is 36.9 Å². The predicted molar refractivity (Wildman–Crippen MR) is 104 cm³/mol. The molecule has 1 saturated carbocycles. The summed E-state index contributed by atoms with van der Waals surface area (Å²) in [6.07, 6.45) is 5.09. The Morgan fingerprint density at radius 3 is 2.19 bits per heavy atom. The Balaban J connectivity index is 2.14. The number of benzene rings is 1. The Kier molecular flexibility index (Phi) is 6.41. The molecule has 0 saturated heterocycles. The number of ether oxygens (including phenoxy) is 1. The highest BCUT2D eigenvalue weighted by Crippen LogP contribution is 2.31. The van der Waals surface area contributed by atoms with Crippen LogP contribution in [0.1, 0.15) is 63.2 Å². The van der Waals surface area contributed by atoms with Crippen molar-refractivity contribution in [1.82, 2.24) is 5.32 Å². The van der Waals surface area contributed by atoms with Crippen LogP contribution in [0.2, 0.25) is 0 Å². The molecular formula is C21H28N2O4. The van der Waals surface area contributed by atoms with Crippen LogP contribution < -0.4 is 10.6 Å². The standard InChI is InChI=1S/C21H28N2O4/c1-5-17(24)22-16-11-9-15(10-12-16)18(25)23-21(13-7-6-8-14-21)19(26)27-20(2,3)4/h5,9-12H,1,6-8,13-14H2,2-4H3,(H,22,24)(H,23,25). The molecule has 2 N–H and O–H groups in total. The monoisotopic (exact) mass is 372 g/mol. The lowest BCUT2D eigenvalue weighted by molar-refractivity contribution is -0.164. The molecule has 1 aromatic rings. The van der Waals surface area contributed by atoms with Crippen LogP contribution in [0.5, 0.6) is 0 Å². The third kappa shape index (κ3) is 5.67.